The summed E-state index contributed by atoms with van der Waals surface area (Å²) in [4.78, 5) is 5.32. The molecule has 2 bridgehead atoms. The summed E-state index contributed by atoms with van der Waals surface area (Å²) < 4.78 is 5.29. The predicted molar refractivity (Wildman–Crippen MR) is 116 cm³/mol. The third kappa shape index (κ3) is 3.97. The number of likely N-dealkylation sites (tertiary alicyclic amines) is 2. The van der Waals surface area contributed by atoms with E-state index in [0.29, 0.717) is 18.0 Å². The van der Waals surface area contributed by atoms with Gasteiger partial charge in [0.25, 0.3) is 0 Å². The Morgan fingerprint density at radius 3 is 2.46 bits per heavy atom. The van der Waals surface area contributed by atoms with Crippen LogP contribution in [-0.4, -0.2) is 43.1 Å². The summed E-state index contributed by atoms with van der Waals surface area (Å²) in [7, 11) is 4.07. The van der Waals surface area contributed by atoms with Gasteiger partial charge in [0.05, 0.1) is 7.11 Å². The van der Waals surface area contributed by atoms with E-state index in [1.54, 1.807) is 12.7 Å². The number of hydrogen-bond acceptors (Lipinski definition) is 3. The van der Waals surface area contributed by atoms with E-state index in [9.17, 15) is 0 Å². The molecule has 0 amide bonds. The third-order valence-corrected chi connectivity index (χ3v) is 6.76. The fraction of sp³-hybridized carbons (Fsp3) is 0.520. The molecule has 3 unspecified atom stereocenters. The molecule has 3 nitrogen and oxygen atoms in total. The molecule has 28 heavy (non-hydrogen) atoms. The van der Waals surface area contributed by atoms with E-state index in [1.165, 1.54) is 37.1 Å². The van der Waals surface area contributed by atoms with Gasteiger partial charge in [0, 0.05) is 31.7 Å². The quantitative estimate of drug-likeness (QED) is 0.721. The number of likely N-dealkylation sites (N-methyl/N-ethyl adjacent to an activating group) is 1. The van der Waals surface area contributed by atoms with Crippen LogP contribution in [0.1, 0.15) is 55.3 Å². The number of fused-ring (bicyclic) bond motifs is 2. The van der Waals surface area contributed by atoms with Crippen molar-refractivity contribution in [2.24, 2.45) is 5.92 Å². The summed E-state index contributed by atoms with van der Waals surface area (Å²) in [6, 6.07) is 18.9. The molecule has 0 spiro atoms. The van der Waals surface area contributed by atoms with E-state index in [4.69, 9.17) is 4.74 Å². The summed E-state index contributed by atoms with van der Waals surface area (Å²) in [6.07, 6.45) is 2.62. The largest absolute Gasteiger partial charge is 0.497 e. The van der Waals surface area contributed by atoms with Gasteiger partial charge in [-0.3, -0.25) is 9.80 Å². The molecular formula is C25H34N2O. The fourth-order valence-electron chi connectivity index (χ4n) is 5.28. The van der Waals surface area contributed by atoms with Crippen LogP contribution in [0.15, 0.2) is 48.5 Å². The molecule has 0 aliphatic carbocycles. The zero-order valence-corrected chi connectivity index (χ0v) is 17.8. The van der Waals surface area contributed by atoms with Gasteiger partial charge in [-0.25, -0.2) is 0 Å². The second-order valence-corrected chi connectivity index (χ2v) is 9.00. The second-order valence-electron chi connectivity index (χ2n) is 9.00. The minimum atomic E-state index is 0.561. The second kappa shape index (κ2) is 8.26. The molecule has 2 aromatic carbocycles. The number of ether oxygens (including phenoxy) is 1. The first-order valence-corrected chi connectivity index (χ1v) is 10.7. The van der Waals surface area contributed by atoms with Gasteiger partial charge < -0.3 is 4.74 Å². The van der Waals surface area contributed by atoms with Crippen LogP contribution in [-0.2, 0) is 6.54 Å². The number of rotatable bonds is 5. The number of benzene rings is 2. The van der Waals surface area contributed by atoms with Gasteiger partial charge in [0.2, 0.25) is 0 Å². The first-order valence-electron chi connectivity index (χ1n) is 10.7. The Hall–Kier alpha value is -1.84. The lowest BCUT2D eigenvalue weighted by Gasteiger charge is -2.50. The summed E-state index contributed by atoms with van der Waals surface area (Å²) in [5.74, 6) is 2.31. The fourth-order valence-corrected chi connectivity index (χ4v) is 5.28. The molecule has 0 radical (unpaired) electrons. The molecule has 0 saturated carbocycles. The minimum absolute atomic E-state index is 0.561. The molecule has 150 valence electrons. The SMILES string of the molecule is COc1ccc(CN2CC3CC(C2)N(C)C(c2ccccc2C(C)C)C3)cc1. The van der Waals surface area contributed by atoms with Crippen molar-refractivity contribution in [3.05, 3.63) is 65.2 Å². The normalized spacial score (nSPS) is 25.8. The van der Waals surface area contributed by atoms with E-state index in [2.05, 4.69) is 79.2 Å². The number of methoxy groups -OCH3 is 1. The number of hydrogen-bond donors (Lipinski definition) is 0. The highest BCUT2D eigenvalue weighted by Crippen LogP contribution is 2.42. The van der Waals surface area contributed by atoms with Crippen molar-refractivity contribution in [1.82, 2.24) is 9.80 Å². The van der Waals surface area contributed by atoms with Gasteiger partial charge >= 0.3 is 0 Å². The van der Waals surface area contributed by atoms with Crippen molar-refractivity contribution in [3.8, 4) is 5.75 Å². The summed E-state index contributed by atoms with van der Waals surface area (Å²) in [6.45, 7) is 8.06. The lowest BCUT2D eigenvalue weighted by atomic mass is 9.78. The summed E-state index contributed by atoms with van der Waals surface area (Å²) >= 11 is 0. The molecule has 2 heterocycles. The molecular weight excluding hydrogens is 344 g/mol. The van der Waals surface area contributed by atoms with Crippen LogP contribution in [0.4, 0.5) is 0 Å². The van der Waals surface area contributed by atoms with Crippen LogP contribution in [0.2, 0.25) is 0 Å². The van der Waals surface area contributed by atoms with Crippen molar-refractivity contribution in [2.75, 3.05) is 27.2 Å². The highest BCUT2D eigenvalue weighted by atomic mass is 16.5. The lowest BCUT2D eigenvalue weighted by Crippen LogP contribution is -2.54. The van der Waals surface area contributed by atoms with E-state index < -0.39 is 0 Å². The average molecular weight is 379 g/mol. The Balaban J connectivity index is 1.48. The predicted octanol–water partition coefficient (Wildman–Crippen LogP) is 5.09. The molecule has 2 fully saturated rings. The van der Waals surface area contributed by atoms with E-state index >= 15 is 0 Å². The van der Waals surface area contributed by atoms with Crippen LogP contribution in [0.5, 0.6) is 5.75 Å². The Morgan fingerprint density at radius 2 is 1.75 bits per heavy atom. The maximum atomic E-state index is 5.29. The van der Waals surface area contributed by atoms with E-state index in [0.717, 1.165) is 18.2 Å². The molecule has 3 atom stereocenters. The molecule has 2 saturated heterocycles. The van der Waals surface area contributed by atoms with Crippen molar-refractivity contribution >= 4 is 0 Å². The first-order chi connectivity index (χ1) is 13.5. The lowest BCUT2D eigenvalue weighted by molar-refractivity contribution is -0.00440. The standard InChI is InChI=1S/C25H34N2O/c1-18(2)23-7-5-6-8-24(23)25-14-20-13-21(26(25)3)17-27(16-20)15-19-9-11-22(28-4)12-10-19/h5-12,18,20-21,25H,13-17H2,1-4H3. The minimum Gasteiger partial charge on any atom is -0.497 e. The van der Waals surface area contributed by atoms with Crippen molar-refractivity contribution in [1.29, 1.82) is 0 Å². The Bertz CT molecular complexity index is 785. The molecule has 2 aliphatic rings. The van der Waals surface area contributed by atoms with Crippen molar-refractivity contribution in [2.45, 2.75) is 51.2 Å². The smallest absolute Gasteiger partial charge is 0.118 e. The number of piperidine rings is 2. The maximum absolute atomic E-state index is 5.29. The topological polar surface area (TPSA) is 15.7 Å². The van der Waals surface area contributed by atoms with Gasteiger partial charge in [-0.15, -0.1) is 0 Å². The highest BCUT2D eigenvalue weighted by molar-refractivity contribution is 5.33. The third-order valence-electron chi connectivity index (χ3n) is 6.76. The van der Waals surface area contributed by atoms with Crippen molar-refractivity contribution in [3.63, 3.8) is 0 Å². The summed E-state index contributed by atoms with van der Waals surface area (Å²) in [5.41, 5.74) is 4.46. The maximum Gasteiger partial charge on any atom is 0.118 e. The van der Waals surface area contributed by atoms with Gasteiger partial charge in [0.1, 0.15) is 5.75 Å². The average Bonchev–Trinajstić information content (AvgIpc) is 2.71. The van der Waals surface area contributed by atoms with Crippen LogP contribution < -0.4 is 4.74 Å². The molecule has 2 aliphatic heterocycles. The van der Waals surface area contributed by atoms with E-state index in [1.807, 2.05) is 0 Å². The van der Waals surface area contributed by atoms with Crippen LogP contribution in [0.25, 0.3) is 0 Å². The van der Waals surface area contributed by atoms with E-state index in [-0.39, 0.29) is 0 Å². The van der Waals surface area contributed by atoms with Gasteiger partial charge in [-0.2, -0.15) is 0 Å². The Morgan fingerprint density at radius 1 is 1.00 bits per heavy atom. The molecule has 0 N–H and O–H groups in total. The van der Waals surface area contributed by atoms with Gasteiger partial charge in [-0.05, 0) is 60.5 Å². The molecule has 0 aromatic heterocycles. The molecule has 4 rings (SSSR count). The highest BCUT2D eigenvalue weighted by Gasteiger charge is 2.39. The monoisotopic (exact) mass is 378 g/mol. The van der Waals surface area contributed by atoms with Crippen LogP contribution >= 0.6 is 0 Å². The van der Waals surface area contributed by atoms with Crippen molar-refractivity contribution < 1.29 is 4.74 Å². The van der Waals surface area contributed by atoms with Crippen LogP contribution in [0, 0.1) is 5.92 Å². The number of nitrogens with zero attached hydrogens (tertiary/aromatic N) is 2. The molecule has 2 aromatic rings. The Labute approximate surface area is 170 Å². The first kappa shape index (κ1) is 19.5. The van der Waals surface area contributed by atoms with Gasteiger partial charge in [0.15, 0.2) is 0 Å². The van der Waals surface area contributed by atoms with Gasteiger partial charge in [-0.1, -0.05) is 50.2 Å². The Kier molecular flexibility index (Phi) is 5.75. The zero-order chi connectivity index (χ0) is 19.7. The summed E-state index contributed by atoms with van der Waals surface area (Å²) in [5, 5.41) is 0. The zero-order valence-electron chi connectivity index (χ0n) is 17.8. The van der Waals surface area contributed by atoms with Crippen LogP contribution in [0.3, 0.4) is 0 Å². The molecule has 3 heteroatoms.